The first-order chi connectivity index (χ1) is 20.6. The summed E-state index contributed by atoms with van der Waals surface area (Å²) in [4.78, 5) is 31.3. The molecule has 3 atom stereocenters. The maximum atomic E-state index is 10.4. The third kappa shape index (κ3) is 24.8. The normalized spacial score (nSPS) is 12.0. The summed E-state index contributed by atoms with van der Waals surface area (Å²) < 4.78 is 3.08. The van der Waals surface area contributed by atoms with E-state index in [1.54, 1.807) is 0 Å². The molecule has 0 aliphatic heterocycles. The van der Waals surface area contributed by atoms with E-state index in [4.69, 9.17) is 15.3 Å². The van der Waals surface area contributed by atoms with Gasteiger partial charge in [-0.3, -0.25) is 14.4 Å². The maximum absolute atomic E-state index is 10.4. The van der Waals surface area contributed by atoms with Crippen LogP contribution in [0.4, 0.5) is 0 Å². The molecule has 2 aromatic carbocycles. The monoisotopic (exact) mass is 708 g/mol. The molecule has 0 aliphatic carbocycles. The molecule has 2 aromatic rings. The van der Waals surface area contributed by atoms with Crippen LogP contribution < -0.4 is 7.02 Å². The van der Waals surface area contributed by atoms with Gasteiger partial charge in [-0.25, -0.2) is 0 Å². The van der Waals surface area contributed by atoms with Crippen molar-refractivity contribution in [1.29, 1.82) is 0 Å². The average Bonchev–Trinajstić information content (AvgIpc) is 3.00. The molecule has 3 N–H and O–H groups in total. The Morgan fingerprint density at radius 1 is 0.512 bits per heavy atom. The van der Waals surface area contributed by atoms with Crippen molar-refractivity contribution < 1.29 is 29.7 Å². The van der Waals surface area contributed by atoms with E-state index in [0.717, 1.165) is 77.0 Å². The van der Waals surface area contributed by atoms with Crippen molar-refractivity contribution in [2.45, 2.75) is 119 Å². The van der Waals surface area contributed by atoms with Gasteiger partial charge in [0.05, 0.1) is 17.8 Å². The van der Waals surface area contributed by atoms with Crippen LogP contribution in [0.1, 0.15) is 119 Å². The fraction of sp³-hybridized carbons (Fsp3) is 0.583. The molecular formula is C36H59O6Sb. The molecule has 0 bridgehead atoms. The van der Waals surface area contributed by atoms with Crippen LogP contribution in [0.15, 0.2) is 60.7 Å². The van der Waals surface area contributed by atoms with Crippen molar-refractivity contribution in [2.75, 3.05) is 0 Å². The SMILES string of the molecule is CCCCC(CC)C(=O)O.CCCCC(CC)C(=O)O.CCCCC(CC)C(=O)O.c1cc[c]([SbH][c]2ccccc2)cc1. The van der Waals surface area contributed by atoms with Crippen LogP contribution in [0, 0.1) is 17.8 Å². The summed E-state index contributed by atoms with van der Waals surface area (Å²) >= 11 is -0.517. The average molecular weight is 710 g/mol. The van der Waals surface area contributed by atoms with Gasteiger partial charge in [-0.15, -0.1) is 0 Å². The fourth-order valence-corrected chi connectivity index (χ4v) is 7.07. The van der Waals surface area contributed by atoms with Crippen LogP contribution >= 0.6 is 0 Å². The summed E-state index contributed by atoms with van der Waals surface area (Å²) in [6.45, 7) is 12.0. The Bertz CT molecular complexity index is 836. The van der Waals surface area contributed by atoms with E-state index in [1.807, 2.05) is 20.8 Å². The van der Waals surface area contributed by atoms with Gasteiger partial charge in [0.15, 0.2) is 0 Å². The summed E-state index contributed by atoms with van der Waals surface area (Å²) in [6, 6.07) is 21.6. The molecule has 7 heteroatoms. The number of rotatable bonds is 17. The second-order valence-electron chi connectivity index (χ2n) is 10.6. The third-order valence-corrected chi connectivity index (χ3v) is 10.6. The topological polar surface area (TPSA) is 112 Å². The second kappa shape index (κ2) is 29.7. The minimum atomic E-state index is -0.643. The zero-order valence-corrected chi connectivity index (χ0v) is 30.4. The minimum absolute atomic E-state index is 0.111. The zero-order chi connectivity index (χ0) is 32.9. The molecule has 0 heterocycles. The summed E-state index contributed by atoms with van der Waals surface area (Å²) in [5.74, 6) is -2.26. The Labute approximate surface area is 272 Å². The number of aliphatic carboxylic acids is 3. The Hall–Kier alpha value is -2.33. The van der Waals surface area contributed by atoms with Gasteiger partial charge < -0.3 is 15.3 Å². The Morgan fingerprint density at radius 3 is 0.953 bits per heavy atom. The Kier molecular flexibility index (Phi) is 29.6. The van der Waals surface area contributed by atoms with Crippen molar-refractivity contribution in [3.8, 4) is 0 Å². The first kappa shape index (κ1) is 42.8. The molecular weight excluding hydrogens is 650 g/mol. The van der Waals surface area contributed by atoms with Gasteiger partial charge in [0.2, 0.25) is 0 Å². The van der Waals surface area contributed by atoms with Crippen LogP contribution in [0.2, 0.25) is 0 Å². The van der Waals surface area contributed by atoms with Crippen molar-refractivity contribution in [3.05, 3.63) is 60.7 Å². The van der Waals surface area contributed by atoms with E-state index in [1.165, 1.54) is 7.02 Å². The van der Waals surface area contributed by atoms with Crippen LogP contribution in [-0.4, -0.2) is 54.8 Å². The van der Waals surface area contributed by atoms with Crippen LogP contribution in [0.25, 0.3) is 0 Å². The van der Waals surface area contributed by atoms with Crippen molar-refractivity contribution in [3.63, 3.8) is 0 Å². The van der Waals surface area contributed by atoms with Gasteiger partial charge >= 0.3 is 107 Å². The summed E-state index contributed by atoms with van der Waals surface area (Å²) in [6.07, 6.45) is 11.1. The predicted octanol–water partition coefficient (Wildman–Crippen LogP) is 7.94. The van der Waals surface area contributed by atoms with Gasteiger partial charge in [0.1, 0.15) is 0 Å². The number of carboxylic acid groups (broad SMARTS) is 3. The van der Waals surface area contributed by atoms with E-state index < -0.39 is 39.5 Å². The first-order valence-electron chi connectivity index (χ1n) is 16.2. The second-order valence-corrected chi connectivity index (χ2v) is 14.6. The number of benzene rings is 2. The predicted molar refractivity (Wildman–Crippen MR) is 182 cm³/mol. The zero-order valence-electron chi connectivity index (χ0n) is 27.6. The standard InChI is InChI=1S/3C8H16O2.2C6H5.Sb.H/c3*1-3-5-6-7(4-2)8(9)10;2*1-2-4-6-5-3-1;;/h3*7H,3-6H2,1-2H3,(H,9,10);2*1-5H;;. The van der Waals surface area contributed by atoms with E-state index in [0.29, 0.717) is 0 Å². The summed E-state index contributed by atoms with van der Waals surface area (Å²) in [5, 5.41) is 25.8. The summed E-state index contributed by atoms with van der Waals surface area (Å²) in [7, 11) is 0. The quantitative estimate of drug-likeness (QED) is 0.144. The van der Waals surface area contributed by atoms with E-state index in [2.05, 4.69) is 81.4 Å². The first-order valence-corrected chi connectivity index (χ1v) is 19.0. The van der Waals surface area contributed by atoms with Crippen molar-refractivity contribution in [1.82, 2.24) is 0 Å². The molecule has 0 radical (unpaired) electrons. The van der Waals surface area contributed by atoms with Crippen molar-refractivity contribution in [2.24, 2.45) is 17.8 Å². The molecule has 244 valence electrons. The molecule has 3 unspecified atom stereocenters. The number of hydrogen-bond acceptors (Lipinski definition) is 3. The number of unbranched alkanes of at least 4 members (excludes halogenated alkanes) is 3. The molecule has 43 heavy (non-hydrogen) atoms. The molecule has 0 aliphatic rings. The van der Waals surface area contributed by atoms with Gasteiger partial charge in [-0.1, -0.05) is 80.1 Å². The van der Waals surface area contributed by atoms with Crippen LogP contribution in [0.5, 0.6) is 0 Å². The van der Waals surface area contributed by atoms with E-state index >= 15 is 0 Å². The van der Waals surface area contributed by atoms with Crippen LogP contribution in [-0.2, 0) is 14.4 Å². The van der Waals surface area contributed by atoms with Gasteiger partial charge in [-0.05, 0) is 38.5 Å². The Balaban J connectivity index is 0. The summed E-state index contributed by atoms with van der Waals surface area (Å²) in [5.41, 5.74) is 0. The molecule has 0 spiro atoms. The molecule has 0 amide bonds. The Morgan fingerprint density at radius 2 is 0.767 bits per heavy atom. The molecule has 0 saturated heterocycles. The fourth-order valence-electron chi connectivity index (χ4n) is 4.07. The third-order valence-electron chi connectivity index (χ3n) is 7.08. The van der Waals surface area contributed by atoms with E-state index in [9.17, 15) is 14.4 Å². The van der Waals surface area contributed by atoms with Crippen molar-refractivity contribution >= 4 is 46.5 Å². The molecule has 0 fully saturated rings. The number of carbonyl (C=O) groups is 3. The van der Waals surface area contributed by atoms with Gasteiger partial charge in [0, 0.05) is 0 Å². The number of carboxylic acids is 3. The molecule has 0 saturated carbocycles. The van der Waals surface area contributed by atoms with E-state index in [-0.39, 0.29) is 17.8 Å². The van der Waals surface area contributed by atoms with Gasteiger partial charge in [0.25, 0.3) is 0 Å². The molecule has 2 rings (SSSR count). The number of hydrogen-bond donors (Lipinski definition) is 3. The van der Waals surface area contributed by atoms with Crippen LogP contribution in [0.3, 0.4) is 0 Å². The molecule has 0 aromatic heterocycles. The van der Waals surface area contributed by atoms with Gasteiger partial charge in [-0.2, -0.15) is 0 Å². The molecule has 6 nitrogen and oxygen atoms in total.